The van der Waals surface area contributed by atoms with Crippen molar-refractivity contribution in [3.05, 3.63) is 39.3 Å². The van der Waals surface area contributed by atoms with Gasteiger partial charge in [0.1, 0.15) is 20.6 Å². The van der Waals surface area contributed by atoms with Gasteiger partial charge in [-0.05, 0) is 22.9 Å². The summed E-state index contributed by atoms with van der Waals surface area (Å²) in [5, 5.41) is 9.69. The molecule has 0 bridgehead atoms. The summed E-state index contributed by atoms with van der Waals surface area (Å²) in [6.07, 6.45) is 0. The summed E-state index contributed by atoms with van der Waals surface area (Å²) in [5.74, 6) is 0. The van der Waals surface area contributed by atoms with Gasteiger partial charge < -0.3 is 0 Å². The number of aromatic nitrogens is 1. The number of nitriles is 1. The summed E-state index contributed by atoms with van der Waals surface area (Å²) in [5.41, 5.74) is 2.27. The Labute approximate surface area is 100 Å². The number of rotatable bonds is 1. The van der Waals surface area contributed by atoms with E-state index in [1.165, 1.54) is 16.9 Å². The molecule has 0 fully saturated rings. The number of nitrogens with zero attached hydrogens (tertiary/aromatic N) is 2. The molecule has 0 saturated heterocycles. The average Bonchev–Trinajstić information content (AvgIpc) is 2.61. The fraction of sp³-hybridized carbons (Fsp3) is 0.0909. The maximum Gasteiger partial charge on any atom is 0.139 e. The zero-order chi connectivity index (χ0) is 10.8. The topological polar surface area (TPSA) is 36.7 Å². The lowest BCUT2D eigenvalue weighted by Gasteiger charge is -1.95. The molecule has 0 aliphatic carbocycles. The van der Waals surface area contributed by atoms with E-state index in [2.05, 4.69) is 27.0 Å². The third-order valence-electron chi connectivity index (χ3n) is 1.99. The Balaban J connectivity index is 2.46. The molecule has 2 rings (SSSR count). The van der Waals surface area contributed by atoms with Gasteiger partial charge in [-0.3, -0.25) is 0 Å². The van der Waals surface area contributed by atoms with Gasteiger partial charge in [-0.2, -0.15) is 5.26 Å². The van der Waals surface area contributed by atoms with E-state index in [1.807, 2.05) is 31.2 Å². The number of benzene rings is 1. The SMILES string of the molecule is Cc1ccc(-c2nc(Br)c(C#N)s2)cc1. The predicted octanol–water partition coefficient (Wildman–Crippen LogP) is 3.75. The van der Waals surface area contributed by atoms with E-state index in [1.54, 1.807) is 0 Å². The van der Waals surface area contributed by atoms with Crippen LogP contribution < -0.4 is 0 Å². The van der Waals surface area contributed by atoms with Crippen molar-refractivity contribution in [2.45, 2.75) is 6.92 Å². The standard InChI is InChI=1S/C11H7BrN2S/c1-7-2-4-8(5-3-7)11-14-10(12)9(6-13)15-11/h2-5H,1H3. The molecule has 0 N–H and O–H groups in total. The van der Waals surface area contributed by atoms with Crippen molar-refractivity contribution >= 4 is 27.3 Å². The van der Waals surface area contributed by atoms with E-state index in [-0.39, 0.29) is 0 Å². The number of hydrogen-bond acceptors (Lipinski definition) is 3. The van der Waals surface area contributed by atoms with Crippen molar-refractivity contribution in [2.75, 3.05) is 0 Å². The quantitative estimate of drug-likeness (QED) is 0.797. The molecule has 0 unspecified atom stereocenters. The monoisotopic (exact) mass is 278 g/mol. The first-order chi connectivity index (χ1) is 7.20. The molecular formula is C11H7BrN2S. The molecule has 74 valence electrons. The van der Waals surface area contributed by atoms with Crippen LogP contribution in [-0.2, 0) is 0 Å². The summed E-state index contributed by atoms with van der Waals surface area (Å²) >= 11 is 4.67. The Bertz CT molecular complexity index is 523. The first-order valence-electron chi connectivity index (χ1n) is 4.34. The van der Waals surface area contributed by atoms with Crippen molar-refractivity contribution in [1.29, 1.82) is 5.26 Å². The van der Waals surface area contributed by atoms with Crippen LogP contribution in [0.3, 0.4) is 0 Å². The van der Waals surface area contributed by atoms with Crippen LogP contribution >= 0.6 is 27.3 Å². The second kappa shape index (κ2) is 4.13. The lowest BCUT2D eigenvalue weighted by Crippen LogP contribution is -1.76. The van der Waals surface area contributed by atoms with Gasteiger partial charge in [0.05, 0.1) is 0 Å². The Morgan fingerprint density at radius 3 is 2.53 bits per heavy atom. The van der Waals surface area contributed by atoms with E-state index in [0.29, 0.717) is 9.48 Å². The third kappa shape index (κ3) is 2.09. The molecule has 1 heterocycles. The highest BCUT2D eigenvalue weighted by Crippen LogP contribution is 2.30. The Kier molecular flexibility index (Phi) is 2.85. The smallest absolute Gasteiger partial charge is 0.139 e. The summed E-state index contributed by atoms with van der Waals surface area (Å²) in [7, 11) is 0. The van der Waals surface area contributed by atoms with Crippen molar-refractivity contribution in [3.63, 3.8) is 0 Å². The fourth-order valence-corrected chi connectivity index (χ4v) is 2.58. The zero-order valence-electron chi connectivity index (χ0n) is 7.99. The highest BCUT2D eigenvalue weighted by molar-refractivity contribution is 9.10. The molecule has 4 heteroatoms. The average molecular weight is 279 g/mol. The lowest BCUT2D eigenvalue weighted by molar-refractivity contribution is 1.34. The minimum absolute atomic E-state index is 0.616. The summed E-state index contributed by atoms with van der Waals surface area (Å²) in [6, 6.07) is 10.2. The largest absolute Gasteiger partial charge is 0.228 e. The molecular weight excluding hydrogens is 272 g/mol. The van der Waals surface area contributed by atoms with Gasteiger partial charge in [-0.1, -0.05) is 29.8 Å². The van der Waals surface area contributed by atoms with Gasteiger partial charge in [-0.15, -0.1) is 11.3 Å². The summed E-state index contributed by atoms with van der Waals surface area (Å²) < 4.78 is 0.630. The first-order valence-corrected chi connectivity index (χ1v) is 5.95. The van der Waals surface area contributed by atoms with Crippen molar-refractivity contribution in [3.8, 4) is 16.6 Å². The molecule has 0 amide bonds. The summed E-state index contributed by atoms with van der Waals surface area (Å²) in [4.78, 5) is 4.91. The second-order valence-corrected chi connectivity index (χ2v) is 4.87. The number of hydrogen-bond donors (Lipinski definition) is 0. The highest BCUT2D eigenvalue weighted by atomic mass is 79.9. The lowest BCUT2D eigenvalue weighted by atomic mass is 10.2. The van der Waals surface area contributed by atoms with E-state index in [0.717, 1.165) is 10.6 Å². The van der Waals surface area contributed by atoms with Crippen LogP contribution in [0.15, 0.2) is 28.9 Å². The van der Waals surface area contributed by atoms with E-state index in [9.17, 15) is 0 Å². The molecule has 1 aromatic carbocycles. The number of aryl methyl sites for hydroxylation is 1. The van der Waals surface area contributed by atoms with Gasteiger partial charge in [0.15, 0.2) is 0 Å². The molecule has 0 saturated carbocycles. The van der Waals surface area contributed by atoms with Crippen LogP contribution in [0.5, 0.6) is 0 Å². The molecule has 0 radical (unpaired) electrons. The molecule has 0 aliphatic heterocycles. The normalized spacial score (nSPS) is 9.93. The van der Waals surface area contributed by atoms with Crippen molar-refractivity contribution in [2.24, 2.45) is 0 Å². The molecule has 2 aromatic rings. The number of halogens is 1. The second-order valence-electron chi connectivity index (χ2n) is 3.12. The van der Waals surface area contributed by atoms with Gasteiger partial charge in [-0.25, -0.2) is 4.98 Å². The van der Waals surface area contributed by atoms with Crippen molar-refractivity contribution in [1.82, 2.24) is 4.98 Å². The molecule has 15 heavy (non-hydrogen) atoms. The minimum Gasteiger partial charge on any atom is -0.228 e. The maximum atomic E-state index is 8.81. The number of thiazole rings is 1. The van der Waals surface area contributed by atoms with E-state index < -0.39 is 0 Å². The Morgan fingerprint density at radius 1 is 1.33 bits per heavy atom. The molecule has 0 spiro atoms. The highest BCUT2D eigenvalue weighted by Gasteiger charge is 2.09. The van der Waals surface area contributed by atoms with Crippen molar-refractivity contribution < 1.29 is 0 Å². The predicted molar refractivity (Wildman–Crippen MR) is 64.7 cm³/mol. The third-order valence-corrected chi connectivity index (χ3v) is 3.83. The van der Waals surface area contributed by atoms with Crippen LogP contribution in [-0.4, -0.2) is 4.98 Å². The summed E-state index contributed by atoms with van der Waals surface area (Å²) in [6.45, 7) is 2.04. The molecule has 2 nitrogen and oxygen atoms in total. The Morgan fingerprint density at radius 2 is 2.00 bits per heavy atom. The molecule has 0 atom stereocenters. The van der Waals surface area contributed by atoms with Crippen LogP contribution in [0.4, 0.5) is 0 Å². The van der Waals surface area contributed by atoms with Crippen LogP contribution in [0.2, 0.25) is 0 Å². The fourth-order valence-electron chi connectivity index (χ4n) is 1.19. The van der Waals surface area contributed by atoms with Gasteiger partial charge >= 0.3 is 0 Å². The van der Waals surface area contributed by atoms with E-state index >= 15 is 0 Å². The maximum absolute atomic E-state index is 8.81. The van der Waals surface area contributed by atoms with Gasteiger partial charge in [0.2, 0.25) is 0 Å². The molecule has 1 aromatic heterocycles. The zero-order valence-corrected chi connectivity index (χ0v) is 10.4. The molecule has 0 aliphatic rings. The van der Waals surface area contributed by atoms with Crippen LogP contribution in [0.25, 0.3) is 10.6 Å². The van der Waals surface area contributed by atoms with Crippen LogP contribution in [0.1, 0.15) is 10.4 Å². The van der Waals surface area contributed by atoms with E-state index in [4.69, 9.17) is 5.26 Å². The van der Waals surface area contributed by atoms with Crippen LogP contribution in [0, 0.1) is 18.3 Å². The first kappa shape index (κ1) is 10.3. The van der Waals surface area contributed by atoms with Gasteiger partial charge in [0, 0.05) is 5.56 Å². The minimum atomic E-state index is 0.616. The van der Waals surface area contributed by atoms with Gasteiger partial charge in [0.25, 0.3) is 0 Å². The Hall–Kier alpha value is -1.18.